The van der Waals surface area contributed by atoms with Gasteiger partial charge >= 0.3 is 0 Å². The first-order valence-corrected chi connectivity index (χ1v) is 4.63. The molecule has 0 aromatic heterocycles. The molecule has 1 saturated carbocycles. The van der Waals surface area contributed by atoms with Gasteiger partial charge in [-0.2, -0.15) is 0 Å². The predicted molar refractivity (Wildman–Crippen MR) is 49.9 cm³/mol. The van der Waals surface area contributed by atoms with Crippen LogP contribution < -0.4 is 4.74 Å². The second-order valence-corrected chi connectivity index (χ2v) is 3.67. The fourth-order valence-corrected chi connectivity index (χ4v) is 1.67. The molecule has 0 atom stereocenters. The zero-order valence-electron chi connectivity index (χ0n) is 7.31. The van der Waals surface area contributed by atoms with E-state index in [1.54, 1.807) is 12.1 Å². The Bertz CT molecular complexity index is 334. The zero-order valence-corrected chi connectivity index (χ0v) is 8.07. The summed E-state index contributed by atoms with van der Waals surface area (Å²) in [5.74, 6) is 0.259. The van der Waals surface area contributed by atoms with Crippen molar-refractivity contribution in [1.82, 2.24) is 0 Å². The average molecular weight is 201 g/mol. The van der Waals surface area contributed by atoms with Crippen molar-refractivity contribution in [3.63, 3.8) is 0 Å². The van der Waals surface area contributed by atoms with Crippen LogP contribution in [0, 0.1) is 5.82 Å². The number of benzene rings is 1. The van der Waals surface area contributed by atoms with Crippen molar-refractivity contribution in [3.8, 4) is 5.75 Å². The summed E-state index contributed by atoms with van der Waals surface area (Å²) in [7, 11) is 1.43. The average Bonchev–Trinajstić information content (AvgIpc) is 2.88. The molecule has 0 heterocycles. The van der Waals surface area contributed by atoms with Gasteiger partial charge in [-0.15, -0.1) is 0 Å². The van der Waals surface area contributed by atoms with Crippen molar-refractivity contribution >= 4 is 11.6 Å². The zero-order chi connectivity index (χ0) is 9.42. The van der Waals surface area contributed by atoms with Crippen LogP contribution in [0.15, 0.2) is 12.1 Å². The molecule has 1 nitrogen and oxygen atoms in total. The number of rotatable bonds is 2. The lowest BCUT2D eigenvalue weighted by molar-refractivity contribution is 0.384. The normalized spacial score (nSPS) is 15.9. The van der Waals surface area contributed by atoms with Crippen LogP contribution in [0.25, 0.3) is 0 Å². The summed E-state index contributed by atoms with van der Waals surface area (Å²) in [6, 6.07) is 3.44. The Hall–Kier alpha value is -0.760. The van der Waals surface area contributed by atoms with Gasteiger partial charge in [-0.1, -0.05) is 17.7 Å². The minimum atomic E-state index is -0.294. The molecule has 1 aliphatic rings. The SMILES string of the molecule is COc1c(Cl)ccc(C2CC2)c1F. The van der Waals surface area contributed by atoms with Crippen LogP contribution in [0.4, 0.5) is 4.39 Å². The molecule has 1 aliphatic carbocycles. The van der Waals surface area contributed by atoms with Gasteiger partial charge in [-0.3, -0.25) is 0 Å². The topological polar surface area (TPSA) is 9.23 Å². The highest BCUT2D eigenvalue weighted by atomic mass is 35.5. The molecule has 13 heavy (non-hydrogen) atoms. The third kappa shape index (κ3) is 1.51. The van der Waals surface area contributed by atoms with Gasteiger partial charge in [0.15, 0.2) is 11.6 Å². The summed E-state index contributed by atoms with van der Waals surface area (Å²) < 4.78 is 18.5. The summed E-state index contributed by atoms with van der Waals surface area (Å²) in [5.41, 5.74) is 0.737. The molecule has 0 amide bonds. The quantitative estimate of drug-likeness (QED) is 0.711. The molecule has 70 valence electrons. The number of methoxy groups -OCH3 is 1. The molecule has 1 aromatic rings. The third-order valence-electron chi connectivity index (χ3n) is 2.30. The predicted octanol–water partition coefficient (Wildman–Crippen LogP) is 3.37. The van der Waals surface area contributed by atoms with Crippen molar-refractivity contribution in [3.05, 3.63) is 28.5 Å². The van der Waals surface area contributed by atoms with E-state index in [2.05, 4.69) is 0 Å². The standard InChI is InChI=1S/C10H10ClFO/c1-13-10-8(11)5-4-7(9(10)12)6-2-3-6/h4-6H,2-3H2,1H3. The smallest absolute Gasteiger partial charge is 0.173 e. The number of hydrogen-bond acceptors (Lipinski definition) is 1. The summed E-state index contributed by atoms with van der Waals surface area (Å²) in [4.78, 5) is 0. The van der Waals surface area contributed by atoms with E-state index < -0.39 is 0 Å². The maximum Gasteiger partial charge on any atom is 0.173 e. The Kier molecular flexibility index (Phi) is 2.16. The highest BCUT2D eigenvalue weighted by Gasteiger charge is 2.28. The summed E-state index contributed by atoms with van der Waals surface area (Å²) >= 11 is 5.76. The summed E-state index contributed by atoms with van der Waals surface area (Å²) in [6.07, 6.45) is 2.14. The Morgan fingerprint density at radius 1 is 1.46 bits per heavy atom. The van der Waals surface area contributed by atoms with Crippen molar-refractivity contribution in [1.29, 1.82) is 0 Å². The second kappa shape index (κ2) is 3.18. The van der Waals surface area contributed by atoms with Gasteiger partial charge in [0.2, 0.25) is 0 Å². The van der Waals surface area contributed by atoms with Crippen LogP contribution in [-0.4, -0.2) is 7.11 Å². The van der Waals surface area contributed by atoms with Crippen LogP contribution in [0.5, 0.6) is 5.75 Å². The van der Waals surface area contributed by atoms with E-state index in [1.165, 1.54) is 7.11 Å². The van der Waals surface area contributed by atoms with E-state index in [1.807, 2.05) is 0 Å². The first-order valence-electron chi connectivity index (χ1n) is 4.26. The Morgan fingerprint density at radius 2 is 2.15 bits per heavy atom. The molecular formula is C10H10ClFO. The molecule has 0 spiro atoms. The minimum Gasteiger partial charge on any atom is -0.492 e. The van der Waals surface area contributed by atoms with Gasteiger partial charge in [0, 0.05) is 0 Å². The summed E-state index contributed by atoms with van der Waals surface area (Å²) in [6.45, 7) is 0. The lowest BCUT2D eigenvalue weighted by Gasteiger charge is -2.07. The Labute approximate surface area is 81.5 Å². The van der Waals surface area contributed by atoms with Crippen LogP contribution in [-0.2, 0) is 0 Å². The van der Waals surface area contributed by atoms with E-state index in [0.717, 1.165) is 18.4 Å². The number of hydrogen-bond donors (Lipinski definition) is 0. The molecule has 0 bridgehead atoms. The Morgan fingerprint density at radius 3 is 2.69 bits per heavy atom. The molecule has 1 fully saturated rings. The maximum atomic E-state index is 13.6. The van der Waals surface area contributed by atoms with Crippen molar-refractivity contribution in [2.45, 2.75) is 18.8 Å². The Balaban J connectivity index is 2.47. The van der Waals surface area contributed by atoms with Gasteiger partial charge in [0.25, 0.3) is 0 Å². The second-order valence-electron chi connectivity index (χ2n) is 3.26. The lowest BCUT2D eigenvalue weighted by Crippen LogP contribution is -1.94. The molecule has 0 radical (unpaired) electrons. The van der Waals surface area contributed by atoms with E-state index >= 15 is 0 Å². The highest BCUT2D eigenvalue weighted by molar-refractivity contribution is 6.32. The molecule has 0 unspecified atom stereocenters. The maximum absolute atomic E-state index is 13.6. The van der Waals surface area contributed by atoms with Crippen molar-refractivity contribution in [2.24, 2.45) is 0 Å². The van der Waals surface area contributed by atoms with Gasteiger partial charge in [0.1, 0.15) is 0 Å². The van der Waals surface area contributed by atoms with Gasteiger partial charge in [-0.05, 0) is 30.4 Å². The highest BCUT2D eigenvalue weighted by Crippen LogP contribution is 2.44. The fourth-order valence-electron chi connectivity index (χ4n) is 1.44. The third-order valence-corrected chi connectivity index (χ3v) is 2.60. The molecule has 1 aromatic carbocycles. The lowest BCUT2D eigenvalue weighted by atomic mass is 10.1. The van der Waals surface area contributed by atoms with Crippen LogP contribution in [0.2, 0.25) is 5.02 Å². The monoisotopic (exact) mass is 200 g/mol. The largest absolute Gasteiger partial charge is 0.492 e. The van der Waals surface area contributed by atoms with Gasteiger partial charge < -0.3 is 4.74 Å². The first kappa shape index (κ1) is 8.82. The minimum absolute atomic E-state index is 0.172. The molecule has 0 N–H and O–H groups in total. The molecule has 0 saturated heterocycles. The van der Waals surface area contributed by atoms with E-state index in [4.69, 9.17) is 16.3 Å². The summed E-state index contributed by atoms with van der Waals surface area (Å²) in [5, 5.41) is 0.337. The molecule has 0 aliphatic heterocycles. The van der Waals surface area contributed by atoms with E-state index in [9.17, 15) is 4.39 Å². The van der Waals surface area contributed by atoms with Gasteiger partial charge in [0.05, 0.1) is 12.1 Å². The van der Waals surface area contributed by atoms with Crippen LogP contribution in [0.3, 0.4) is 0 Å². The number of halogens is 2. The number of ether oxygens (including phenoxy) is 1. The molecular weight excluding hydrogens is 191 g/mol. The van der Waals surface area contributed by atoms with E-state index in [-0.39, 0.29) is 11.6 Å². The van der Waals surface area contributed by atoms with Crippen molar-refractivity contribution in [2.75, 3.05) is 7.11 Å². The van der Waals surface area contributed by atoms with E-state index in [0.29, 0.717) is 10.9 Å². The van der Waals surface area contributed by atoms with Crippen LogP contribution in [0.1, 0.15) is 24.3 Å². The first-order chi connectivity index (χ1) is 6.24. The van der Waals surface area contributed by atoms with Crippen LogP contribution >= 0.6 is 11.6 Å². The molecule has 2 rings (SSSR count). The van der Waals surface area contributed by atoms with Gasteiger partial charge in [-0.25, -0.2) is 4.39 Å². The van der Waals surface area contributed by atoms with Crippen molar-refractivity contribution < 1.29 is 9.13 Å². The molecule has 3 heteroatoms. The fraction of sp³-hybridized carbons (Fsp3) is 0.400.